The fraction of sp³-hybridized carbons (Fsp3) is 1.00. The number of rotatable bonds is 8. The van der Waals surface area contributed by atoms with Crippen LogP contribution in [0, 0.1) is 0 Å². The zero-order chi connectivity index (χ0) is 10.1. The van der Waals surface area contributed by atoms with Gasteiger partial charge in [0.1, 0.15) is 0 Å². The van der Waals surface area contributed by atoms with E-state index >= 15 is 0 Å². The van der Waals surface area contributed by atoms with E-state index in [-0.39, 0.29) is 0 Å². The Bertz CT molecular complexity index is 104. The van der Waals surface area contributed by atoms with Gasteiger partial charge >= 0.3 is 0 Å². The highest BCUT2D eigenvalue weighted by atomic mass is 14.7. The second-order valence-electron chi connectivity index (χ2n) is 4.01. The van der Waals surface area contributed by atoms with Crippen LogP contribution in [0.4, 0.5) is 0 Å². The molecule has 2 heteroatoms. The number of unbranched alkanes of at least 4 members (excludes halogenated alkanes) is 3. The molecule has 0 aliphatic carbocycles. The predicted molar refractivity (Wildman–Crippen MR) is 59.6 cm³/mol. The highest BCUT2D eigenvalue weighted by Gasteiger charge is 2.06. The van der Waals surface area contributed by atoms with Crippen molar-refractivity contribution in [1.82, 2.24) is 0 Å². The summed E-state index contributed by atoms with van der Waals surface area (Å²) in [6.07, 6.45) is 8.41. The first kappa shape index (κ1) is 12.9. The van der Waals surface area contributed by atoms with Crippen molar-refractivity contribution in [3.05, 3.63) is 0 Å². The molecule has 2 atom stereocenters. The molecule has 0 spiro atoms. The molecule has 0 radical (unpaired) electrons. The average Bonchev–Trinajstić information content (AvgIpc) is 2.12. The number of hydrogen-bond donors (Lipinski definition) is 2. The van der Waals surface area contributed by atoms with E-state index in [0.29, 0.717) is 12.1 Å². The van der Waals surface area contributed by atoms with Gasteiger partial charge in [-0.05, 0) is 19.3 Å². The van der Waals surface area contributed by atoms with Gasteiger partial charge < -0.3 is 11.5 Å². The van der Waals surface area contributed by atoms with E-state index in [1.807, 2.05) is 0 Å². The third kappa shape index (κ3) is 8.26. The van der Waals surface area contributed by atoms with Crippen LogP contribution in [0.25, 0.3) is 0 Å². The van der Waals surface area contributed by atoms with Crippen LogP contribution < -0.4 is 11.5 Å². The zero-order valence-corrected chi connectivity index (χ0v) is 9.26. The summed E-state index contributed by atoms with van der Waals surface area (Å²) in [4.78, 5) is 0. The van der Waals surface area contributed by atoms with Crippen molar-refractivity contribution >= 4 is 0 Å². The predicted octanol–water partition coefficient (Wildman–Crippen LogP) is 2.41. The molecule has 0 bridgehead atoms. The highest BCUT2D eigenvalue weighted by molar-refractivity contribution is 4.69. The lowest BCUT2D eigenvalue weighted by Gasteiger charge is -2.15. The lowest BCUT2D eigenvalue weighted by atomic mass is 10.0. The van der Waals surface area contributed by atoms with Gasteiger partial charge in [-0.25, -0.2) is 0 Å². The van der Waals surface area contributed by atoms with Crippen LogP contribution in [0.5, 0.6) is 0 Å². The Morgan fingerprint density at radius 2 is 1.62 bits per heavy atom. The fourth-order valence-electron chi connectivity index (χ4n) is 1.51. The van der Waals surface area contributed by atoms with Crippen molar-refractivity contribution < 1.29 is 0 Å². The van der Waals surface area contributed by atoms with E-state index in [4.69, 9.17) is 11.5 Å². The third-order valence-corrected chi connectivity index (χ3v) is 2.56. The van der Waals surface area contributed by atoms with Crippen molar-refractivity contribution in [2.45, 2.75) is 70.9 Å². The Kier molecular flexibility index (Phi) is 8.46. The molecule has 0 saturated carbocycles. The molecule has 0 amide bonds. The van der Waals surface area contributed by atoms with Crippen LogP contribution in [0.15, 0.2) is 0 Å². The van der Waals surface area contributed by atoms with Crippen LogP contribution >= 0.6 is 0 Å². The summed E-state index contributed by atoms with van der Waals surface area (Å²) in [5.74, 6) is 0. The first-order chi connectivity index (χ1) is 6.20. The van der Waals surface area contributed by atoms with Crippen molar-refractivity contribution in [2.75, 3.05) is 0 Å². The molecule has 80 valence electrons. The minimum absolute atomic E-state index is 0.307. The summed E-state index contributed by atoms with van der Waals surface area (Å²) in [5, 5.41) is 0. The van der Waals surface area contributed by atoms with Crippen LogP contribution in [0.2, 0.25) is 0 Å². The summed E-state index contributed by atoms with van der Waals surface area (Å²) in [7, 11) is 0. The van der Waals surface area contributed by atoms with Gasteiger partial charge in [0.05, 0.1) is 0 Å². The maximum absolute atomic E-state index is 5.95. The molecule has 0 fully saturated rings. The Balaban J connectivity index is 3.24. The quantitative estimate of drug-likeness (QED) is 0.572. The molecular formula is C11H26N2. The molecule has 13 heavy (non-hydrogen) atoms. The zero-order valence-electron chi connectivity index (χ0n) is 9.26. The number of hydrogen-bond acceptors (Lipinski definition) is 2. The molecule has 2 unspecified atom stereocenters. The summed E-state index contributed by atoms with van der Waals surface area (Å²) in [6.45, 7) is 4.35. The molecule has 0 aromatic carbocycles. The van der Waals surface area contributed by atoms with Crippen molar-refractivity contribution in [1.29, 1.82) is 0 Å². The lowest BCUT2D eigenvalue weighted by Crippen LogP contribution is -2.30. The van der Waals surface area contributed by atoms with Gasteiger partial charge in [-0.15, -0.1) is 0 Å². The first-order valence-corrected chi connectivity index (χ1v) is 5.71. The first-order valence-electron chi connectivity index (χ1n) is 5.71. The van der Waals surface area contributed by atoms with Crippen LogP contribution in [0.3, 0.4) is 0 Å². The summed E-state index contributed by atoms with van der Waals surface area (Å²) in [6, 6.07) is 0.632. The van der Waals surface area contributed by atoms with E-state index in [1.54, 1.807) is 0 Å². The van der Waals surface area contributed by atoms with Crippen LogP contribution in [-0.4, -0.2) is 12.1 Å². The normalized spacial score (nSPS) is 15.7. The van der Waals surface area contributed by atoms with E-state index < -0.39 is 0 Å². The molecule has 0 rings (SSSR count). The van der Waals surface area contributed by atoms with Gasteiger partial charge in [0, 0.05) is 12.1 Å². The molecular weight excluding hydrogens is 160 g/mol. The van der Waals surface area contributed by atoms with E-state index in [2.05, 4.69) is 13.8 Å². The van der Waals surface area contributed by atoms with Gasteiger partial charge in [-0.1, -0.05) is 39.5 Å². The Morgan fingerprint density at radius 3 is 2.15 bits per heavy atom. The van der Waals surface area contributed by atoms with E-state index in [0.717, 1.165) is 19.3 Å². The Morgan fingerprint density at radius 1 is 0.923 bits per heavy atom. The smallest absolute Gasteiger partial charge is 0.00535 e. The SMILES string of the molecule is CCCCCCC(N)CC(N)CC. The number of nitrogens with two attached hydrogens (primary N) is 2. The lowest BCUT2D eigenvalue weighted by molar-refractivity contribution is 0.467. The van der Waals surface area contributed by atoms with Gasteiger partial charge in [-0.3, -0.25) is 0 Å². The molecule has 0 aromatic heterocycles. The van der Waals surface area contributed by atoms with Crippen LogP contribution in [-0.2, 0) is 0 Å². The summed E-state index contributed by atoms with van der Waals surface area (Å²) >= 11 is 0. The van der Waals surface area contributed by atoms with Gasteiger partial charge in [-0.2, -0.15) is 0 Å². The van der Waals surface area contributed by atoms with E-state index in [9.17, 15) is 0 Å². The van der Waals surface area contributed by atoms with Crippen LogP contribution in [0.1, 0.15) is 58.8 Å². The molecule has 2 nitrogen and oxygen atoms in total. The van der Waals surface area contributed by atoms with Gasteiger partial charge in [0.25, 0.3) is 0 Å². The molecule has 0 heterocycles. The van der Waals surface area contributed by atoms with E-state index in [1.165, 1.54) is 25.7 Å². The van der Waals surface area contributed by atoms with Crippen molar-refractivity contribution in [3.63, 3.8) is 0 Å². The topological polar surface area (TPSA) is 52.0 Å². The standard InChI is InChI=1S/C11H26N2/c1-3-5-6-7-8-11(13)9-10(12)4-2/h10-11H,3-9,12-13H2,1-2H3. The molecule has 4 N–H and O–H groups in total. The second-order valence-corrected chi connectivity index (χ2v) is 4.01. The molecule has 0 aliphatic rings. The summed E-state index contributed by atoms with van der Waals surface area (Å²) in [5.41, 5.74) is 11.8. The maximum Gasteiger partial charge on any atom is 0.00535 e. The van der Waals surface area contributed by atoms with Crippen molar-refractivity contribution in [3.8, 4) is 0 Å². The van der Waals surface area contributed by atoms with Gasteiger partial charge in [0.15, 0.2) is 0 Å². The minimum Gasteiger partial charge on any atom is -0.328 e. The maximum atomic E-state index is 5.95. The fourth-order valence-corrected chi connectivity index (χ4v) is 1.51. The van der Waals surface area contributed by atoms with Gasteiger partial charge in [0.2, 0.25) is 0 Å². The average molecular weight is 186 g/mol. The van der Waals surface area contributed by atoms with Crippen molar-refractivity contribution in [2.24, 2.45) is 11.5 Å². The Labute approximate surface area is 83.1 Å². The minimum atomic E-state index is 0.307. The highest BCUT2D eigenvalue weighted by Crippen LogP contribution is 2.08. The largest absolute Gasteiger partial charge is 0.328 e. The third-order valence-electron chi connectivity index (χ3n) is 2.56. The second kappa shape index (κ2) is 8.52. The molecule has 0 aliphatic heterocycles. The monoisotopic (exact) mass is 186 g/mol. The summed E-state index contributed by atoms with van der Waals surface area (Å²) < 4.78 is 0. The molecule has 0 aromatic rings. The Hall–Kier alpha value is -0.0800. The molecule has 0 saturated heterocycles.